The van der Waals surface area contributed by atoms with Crippen molar-refractivity contribution in [2.75, 3.05) is 13.1 Å². The molecule has 0 aliphatic carbocycles. The minimum Gasteiger partial charge on any atom is -0.479 e. The molecule has 9 heteroatoms. The molecule has 0 radical (unpaired) electrons. The smallest absolute Gasteiger partial charge is 0.344 e. The maximum atomic E-state index is 11.3. The number of benzene rings is 3. The van der Waals surface area contributed by atoms with E-state index < -0.39 is 18.2 Å². The number of nitrogens with one attached hydrogen (secondary N) is 1. The number of aliphatic carboxylic acids is 1. The number of oxazole rings is 1. The van der Waals surface area contributed by atoms with Crippen LogP contribution in [-0.4, -0.2) is 35.3 Å². The summed E-state index contributed by atoms with van der Waals surface area (Å²) >= 11 is 12.1. The Bertz CT molecular complexity index is 1310. The number of nitrogens with zero attached hydrogens (tertiary/aromatic N) is 1. The summed E-state index contributed by atoms with van der Waals surface area (Å²) in [7, 11) is 0. The van der Waals surface area contributed by atoms with Crippen molar-refractivity contribution in [1.29, 1.82) is 0 Å². The van der Waals surface area contributed by atoms with Crippen LogP contribution >= 0.6 is 23.2 Å². The number of carbonyl (C=O) groups is 1. The predicted octanol–water partition coefficient (Wildman–Crippen LogP) is 6.33. The molecule has 2 atom stereocenters. The van der Waals surface area contributed by atoms with E-state index in [1.54, 1.807) is 55.5 Å². The fourth-order valence-corrected chi connectivity index (χ4v) is 3.92. The van der Waals surface area contributed by atoms with E-state index in [-0.39, 0.29) is 0 Å². The largest absolute Gasteiger partial charge is 0.479 e. The number of carboxylic acids is 1. The summed E-state index contributed by atoms with van der Waals surface area (Å²) in [5.41, 5.74) is 2.31. The second-order valence-electron chi connectivity index (χ2n) is 8.18. The highest BCUT2D eigenvalue weighted by Gasteiger charge is 2.21. The number of hydrogen-bond acceptors (Lipinski definition) is 6. The molecule has 7 nitrogen and oxygen atoms in total. The summed E-state index contributed by atoms with van der Waals surface area (Å²) in [6.07, 6.45) is -0.265. The van der Waals surface area contributed by atoms with Crippen molar-refractivity contribution in [3.05, 3.63) is 88.2 Å². The Kier molecular flexibility index (Phi) is 8.70. The van der Waals surface area contributed by atoms with Gasteiger partial charge in [-0.1, -0.05) is 42.3 Å². The highest BCUT2D eigenvalue weighted by Crippen LogP contribution is 2.27. The summed E-state index contributed by atoms with van der Waals surface area (Å²) in [6, 6.07) is 19.8. The van der Waals surface area contributed by atoms with Gasteiger partial charge in [0.2, 0.25) is 5.89 Å². The van der Waals surface area contributed by atoms with Crippen molar-refractivity contribution in [3.63, 3.8) is 0 Å². The predicted molar refractivity (Wildman–Crippen MR) is 139 cm³/mol. The molecule has 0 spiro atoms. The molecule has 1 aromatic heterocycles. The first kappa shape index (κ1) is 25.8. The normalized spacial score (nSPS) is 12.9. The first-order chi connectivity index (χ1) is 17.4. The van der Waals surface area contributed by atoms with Gasteiger partial charge in [0, 0.05) is 16.6 Å². The lowest BCUT2D eigenvalue weighted by Crippen LogP contribution is -2.27. The summed E-state index contributed by atoms with van der Waals surface area (Å²) in [6.45, 7) is 2.86. The van der Waals surface area contributed by atoms with E-state index in [0.29, 0.717) is 64.5 Å². The molecule has 0 aliphatic heterocycles. The third kappa shape index (κ3) is 6.91. The standard InChI is InChI=1S/C27H26Cl2N2O5/c1-2-23(27(32)33)35-21-5-3-4-17(14-21)12-13-30-16-25(34-20-9-6-18(28)7-10-20)26-31-22-15-19(29)8-11-24(22)36-26/h3-11,14-15,23,25,30H,2,12-13,16H2,1H3,(H,32,33). The van der Waals surface area contributed by atoms with Gasteiger partial charge in [-0.05, 0) is 79.5 Å². The van der Waals surface area contributed by atoms with Crippen LogP contribution in [0.4, 0.5) is 0 Å². The fourth-order valence-electron chi connectivity index (χ4n) is 3.63. The Hall–Kier alpha value is -3.26. The van der Waals surface area contributed by atoms with Gasteiger partial charge in [-0.2, -0.15) is 0 Å². The van der Waals surface area contributed by atoms with Crippen LogP contribution < -0.4 is 14.8 Å². The molecule has 0 amide bonds. The van der Waals surface area contributed by atoms with E-state index in [2.05, 4.69) is 10.3 Å². The van der Waals surface area contributed by atoms with Crippen molar-refractivity contribution >= 4 is 40.3 Å². The molecule has 4 rings (SSSR count). The van der Waals surface area contributed by atoms with Gasteiger partial charge in [0.1, 0.15) is 17.0 Å². The van der Waals surface area contributed by atoms with Crippen LogP contribution in [0.25, 0.3) is 11.1 Å². The van der Waals surface area contributed by atoms with Gasteiger partial charge in [0.15, 0.2) is 17.8 Å². The lowest BCUT2D eigenvalue weighted by atomic mass is 10.1. The number of rotatable bonds is 12. The van der Waals surface area contributed by atoms with E-state index in [4.69, 9.17) is 37.1 Å². The maximum Gasteiger partial charge on any atom is 0.344 e. The molecule has 0 fully saturated rings. The Morgan fingerprint density at radius 1 is 1.03 bits per heavy atom. The summed E-state index contributed by atoms with van der Waals surface area (Å²) in [5, 5.41) is 13.8. The van der Waals surface area contributed by atoms with Crippen LogP contribution in [0.5, 0.6) is 11.5 Å². The van der Waals surface area contributed by atoms with Crippen molar-refractivity contribution in [1.82, 2.24) is 10.3 Å². The van der Waals surface area contributed by atoms with Gasteiger partial charge in [0.25, 0.3) is 0 Å². The van der Waals surface area contributed by atoms with Crippen LogP contribution in [0.1, 0.15) is 30.9 Å². The highest BCUT2D eigenvalue weighted by molar-refractivity contribution is 6.31. The molecule has 4 aromatic rings. The van der Waals surface area contributed by atoms with Crippen molar-refractivity contribution in [2.45, 2.75) is 32.0 Å². The first-order valence-electron chi connectivity index (χ1n) is 11.6. The van der Waals surface area contributed by atoms with E-state index in [9.17, 15) is 9.90 Å². The Labute approximate surface area is 219 Å². The zero-order valence-corrected chi connectivity index (χ0v) is 21.1. The third-order valence-corrected chi connectivity index (χ3v) is 5.96. The second-order valence-corrected chi connectivity index (χ2v) is 9.05. The minimum absolute atomic E-state index is 0.387. The van der Waals surface area contributed by atoms with Gasteiger partial charge in [-0.15, -0.1) is 0 Å². The maximum absolute atomic E-state index is 11.3. The molecule has 3 aromatic carbocycles. The molecular formula is C27H26Cl2N2O5. The summed E-state index contributed by atoms with van der Waals surface area (Å²) in [4.78, 5) is 15.8. The Morgan fingerprint density at radius 3 is 2.56 bits per heavy atom. The number of aromatic nitrogens is 1. The van der Waals surface area contributed by atoms with Gasteiger partial charge >= 0.3 is 5.97 Å². The highest BCUT2D eigenvalue weighted by atomic mass is 35.5. The van der Waals surface area contributed by atoms with Crippen molar-refractivity contribution in [2.24, 2.45) is 0 Å². The number of ether oxygens (including phenoxy) is 2. The van der Waals surface area contributed by atoms with E-state index >= 15 is 0 Å². The second kappa shape index (κ2) is 12.1. The van der Waals surface area contributed by atoms with Crippen LogP contribution in [0.15, 0.2) is 71.1 Å². The summed E-state index contributed by atoms with van der Waals surface area (Å²) in [5.74, 6) is 0.637. The van der Waals surface area contributed by atoms with Crippen LogP contribution in [-0.2, 0) is 11.2 Å². The number of halogens is 2. The van der Waals surface area contributed by atoms with Crippen molar-refractivity contribution in [3.8, 4) is 11.5 Å². The lowest BCUT2D eigenvalue weighted by molar-refractivity contribution is -0.145. The number of fused-ring (bicyclic) bond motifs is 1. The quantitative estimate of drug-likeness (QED) is 0.207. The summed E-state index contributed by atoms with van der Waals surface area (Å²) < 4.78 is 17.7. The third-order valence-electron chi connectivity index (χ3n) is 5.48. The molecule has 0 aliphatic rings. The fraction of sp³-hybridized carbons (Fsp3) is 0.259. The first-order valence-corrected chi connectivity index (χ1v) is 12.3. The molecule has 36 heavy (non-hydrogen) atoms. The van der Waals surface area contributed by atoms with Crippen LogP contribution in [0, 0.1) is 0 Å². The Morgan fingerprint density at radius 2 is 1.81 bits per heavy atom. The molecule has 0 saturated carbocycles. The SMILES string of the molecule is CCC(Oc1cccc(CCNCC(Oc2ccc(Cl)cc2)c2nc3cc(Cl)ccc3o2)c1)C(=O)O. The van der Waals surface area contributed by atoms with Gasteiger partial charge in [0.05, 0.1) is 0 Å². The monoisotopic (exact) mass is 528 g/mol. The minimum atomic E-state index is -0.974. The lowest BCUT2D eigenvalue weighted by Gasteiger charge is -2.17. The molecular weight excluding hydrogens is 503 g/mol. The van der Waals surface area contributed by atoms with Crippen molar-refractivity contribution < 1.29 is 23.8 Å². The van der Waals surface area contributed by atoms with E-state index in [1.165, 1.54) is 0 Å². The van der Waals surface area contributed by atoms with Gasteiger partial charge in [-0.3, -0.25) is 0 Å². The average molecular weight is 529 g/mol. The molecule has 0 bridgehead atoms. The van der Waals surface area contributed by atoms with Crippen LogP contribution in [0.2, 0.25) is 10.0 Å². The molecule has 0 saturated heterocycles. The van der Waals surface area contributed by atoms with E-state index in [0.717, 1.165) is 5.56 Å². The zero-order valence-electron chi connectivity index (χ0n) is 19.6. The topological polar surface area (TPSA) is 93.8 Å². The molecule has 188 valence electrons. The molecule has 2 unspecified atom stereocenters. The van der Waals surface area contributed by atoms with Gasteiger partial charge in [-0.25, -0.2) is 9.78 Å². The number of carboxylic acid groups (broad SMARTS) is 1. The molecule has 2 N–H and O–H groups in total. The average Bonchev–Trinajstić information content (AvgIpc) is 3.29. The number of hydrogen-bond donors (Lipinski definition) is 2. The molecule has 1 heterocycles. The Balaban J connectivity index is 1.41. The van der Waals surface area contributed by atoms with Gasteiger partial charge < -0.3 is 24.3 Å². The van der Waals surface area contributed by atoms with Crippen LogP contribution in [0.3, 0.4) is 0 Å². The van der Waals surface area contributed by atoms with E-state index in [1.807, 2.05) is 18.2 Å². The zero-order chi connectivity index (χ0) is 25.5.